The Balaban J connectivity index is 1.68. The van der Waals surface area contributed by atoms with Crippen LogP contribution in [0.4, 0.5) is 0 Å². The molecule has 24 heavy (non-hydrogen) atoms. The first kappa shape index (κ1) is 16.9. The van der Waals surface area contributed by atoms with Gasteiger partial charge in [0.25, 0.3) is 5.91 Å². The van der Waals surface area contributed by atoms with Gasteiger partial charge in [0.2, 0.25) is 0 Å². The van der Waals surface area contributed by atoms with Crippen molar-refractivity contribution in [2.75, 3.05) is 26.3 Å². The zero-order valence-corrected chi connectivity index (χ0v) is 13.8. The van der Waals surface area contributed by atoms with Crippen molar-refractivity contribution in [2.24, 2.45) is 5.92 Å². The van der Waals surface area contributed by atoms with Gasteiger partial charge < -0.3 is 19.8 Å². The molecule has 1 aromatic rings. The fourth-order valence-corrected chi connectivity index (χ4v) is 3.67. The third-order valence-electron chi connectivity index (χ3n) is 5.31. The fraction of sp³-hybridized carbons (Fsp3) is 0.556. The summed E-state index contributed by atoms with van der Waals surface area (Å²) in [4.78, 5) is 25.4. The summed E-state index contributed by atoms with van der Waals surface area (Å²) in [6, 6.07) is 4.55. The first-order valence-corrected chi connectivity index (χ1v) is 8.34. The molecule has 1 atom stereocenters. The molecule has 3 rings (SSSR count). The number of aromatic carboxylic acids is 1. The maximum atomic E-state index is 12.7. The third-order valence-corrected chi connectivity index (χ3v) is 5.31. The Hall–Kier alpha value is -1.92. The van der Waals surface area contributed by atoms with Crippen LogP contribution in [0, 0.1) is 12.8 Å². The summed E-state index contributed by atoms with van der Waals surface area (Å²) in [6.45, 7) is 4.05. The number of carboxylic acid groups (broad SMARTS) is 1. The number of amides is 1. The van der Waals surface area contributed by atoms with E-state index in [2.05, 4.69) is 0 Å². The van der Waals surface area contributed by atoms with Crippen LogP contribution in [-0.2, 0) is 4.74 Å². The van der Waals surface area contributed by atoms with Crippen LogP contribution in [0.3, 0.4) is 0 Å². The fourth-order valence-electron chi connectivity index (χ4n) is 3.67. The Morgan fingerprint density at radius 2 is 2.00 bits per heavy atom. The van der Waals surface area contributed by atoms with Gasteiger partial charge in [-0.1, -0.05) is 0 Å². The molecule has 2 fully saturated rings. The molecule has 2 N–H and O–H groups in total. The van der Waals surface area contributed by atoms with Gasteiger partial charge in [-0.3, -0.25) is 4.79 Å². The predicted octanol–water partition coefficient (Wildman–Crippen LogP) is 1.70. The van der Waals surface area contributed by atoms with E-state index in [0.717, 1.165) is 6.42 Å². The number of carboxylic acids is 1. The number of hydrogen-bond donors (Lipinski definition) is 2. The van der Waals surface area contributed by atoms with Crippen molar-refractivity contribution in [2.45, 2.75) is 31.8 Å². The molecule has 0 spiro atoms. The number of piperidine rings is 1. The lowest BCUT2D eigenvalue weighted by Gasteiger charge is -2.41. The molecule has 1 aromatic carbocycles. The van der Waals surface area contributed by atoms with Gasteiger partial charge in [0.15, 0.2) is 0 Å². The van der Waals surface area contributed by atoms with Gasteiger partial charge >= 0.3 is 5.97 Å². The van der Waals surface area contributed by atoms with E-state index in [4.69, 9.17) is 9.84 Å². The van der Waals surface area contributed by atoms with Crippen LogP contribution < -0.4 is 0 Å². The van der Waals surface area contributed by atoms with Crippen molar-refractivity contribution in [1.29, 1.82) is 0 Å². The number of carbonyl (C=O) groups excluding carboxylic acids is 1. The Labute approximate surface area is 141 Å². The van der Waals surface area contributed by atoms with Crippen LogP contribution in [0.1, 0.15) is 45.5 Å². The van der Waals surface area contributed by atoms with Crippen molar-refractivity contribution in [3.63, 3.8) is 0 Å². The minimum Gasteiger partial charge on any atom is -0.478 e. The van der Waals surface area contributed by atoms with Crippen LogP contribution in [0.15, 0.2) is 18.2 Å². The Morgan fingerprint density at radius 3 is 2.54 bits per heavy atom. The number of carbonyl (C=O) groups is 2. The maximum Gasteiger partial charge on any atom is 0.335 e. The normalized spacial score (nSPS) is 23.2. The largest absolute Gasteiger partial charge is 0.478 e. The summed E-state index contributed by atoms with van der Waals surface area (Å²) >= 11 is 0. The van der Waals surface area contributed by atoms with Gasteiger partial charge in [-0.2, -0.15) is 0 Å². The minimum atomic E-state index is -1.00. The lowest BCUT2D eigenvalue weighted by Crippen LogP contribution is -2.50. The highest BCUT2D eigenvalue weighted by Crippen LogP contribution is 2.35. The molecule has 1 amide bonds. The molecular formula is C18H23NO5. The van der Waals surface area contributed by atoms with E-state index in [9.17, 15) is 14.7 Å². The zero-order valence-electron chi connectivity index (χ0n) is 13.8. The number of aliphatic hydroxyl groups is 1. The first-order chi connectivity index (χ1) is 11.4. The quantitative estimate of drug-likeness (QED) is 0.879. The number of rotatable bonds is 3. The van der Waals surface area contributed by atoms with Gasteiger partial charge in [-0.25, -0.2) is 4.79 Å². The van der Waals surface area contributed by atoms with E-state index >= 15 is 0 Å². The summed E-state index contributed by atoms with van der Waals surface area (Å²) < 4.78 is 5.38. The van der Waals surface area contributed by atoms with Gasteiger partial charge in [-0.05, 0) is 49.9 Å². The molecule has 6 nitrogen and oxygen atoms in total. The monoisotopic (exact) mass is 333 g/mol. The molecule has 0 saturated carbocycles. The van der Waals surface area contributed by atoms with E-state index in [1.165, 1.54) is 12.1 Å². The molecule has 0 radical (unpaired) electrons. The van der Waals surface area contributed by atoms with Gasteiger partial charge in [0.1, 0.15) is 0 Å². The van der Waals surface area contributed by atoms with Crippen LogP contribution in [0.25, 0.3) is 0 Å². The first-order valence-electron chi connectivity index (χ1n) is 8.34. The molecule has 1 unspecified atom stereocenters. The Morgan fingerprint density at radius 1 is 1.29 bits per heavy atom. The summed E-state index contributed by atoms with van der Waals surface area (Å²) in [5, 5.41) is 19.8. The van der Waals surface area contributed by atoms with E-state index in [-0.39, 0.29) is 17.4 Å². The summed E-state index contributed by atoms with van der Waals surface area (Å²) in [6.07, 6.45) is 1.98. The van der Waals surface area contributed by atoms with Gasteiger partial charge in [0, 0.05) is 31.2 Å². The number of hydrogen-bond acceptors (Lipinski definition) is 4. The minimum absolute atomic E-state index is 0.103. The van der Waals surface area contributed by atoms with Crippen LogP contribution in [0.2, 0.25) is 0 Å². The predicted molar refractivity (Wildman–Crippen MR) is 87.2 cm³/mol. The van der Waals surface area contributed by atoms with E-state index < -0.39 is 11.6 Å². The van der Waals surface area contributed by atoms with Crippen molar-refractivity contribution >= 4 is 11.9 Å². The molecule has 0 aromatic heterocycles. The number of aryl methyl sites for hydroxylation is 1. The number of ether oxygens (including phenoxy) is 1. The molecule has 0 aliphatic carbocycles. The summed E-state index contributed by atoms with van der Waals surface area (Å²) in [5.74, 6) is -0.945. The lowest BCUT2D eigenvalue weighted by molar-refractivity contribution is -0.0630. The van der Waals surface area contributed by atoms with E-state index in [1.54, 1.807) is 17.9 Å². The second-order valence-corrected chi connectivity index (χ2v) is 6.79. The Kier molecular flexibility index (Phi) is 4.60. The summed E-state index contributed by atoms with van der Waals surface area (Å²) in [7, 11) is 0. The number of likely N-dealkylation sites (tertiary alicyclic amines) is 1. The zero-order chi connectivity index (χ0) is 17.3. The molecule has 2 saturated heterocycles. The highest BCUT2D eigenvalue weighted by molar-refractivity contribution is 5.97. The highest BCUT2D eigenvalue weighted by atomic mass is 16.5. The van der Waals surface area contributed by atoms with Crippen molar-refractivity contribution in [3.8, 4) is 0 Å². The van der Waals surface area contributed by atoms with Crippen LogP contribution in [0.5, 0.6) is 0 Å². The lowest BCUT2D eigenvalue weighted by atomic mass is 9.79. The standard InChI is InChI=1S/C18H23NO5/c1-12-10-13(17(21)22)2-3-15(12)16(20)19-7-5-18(23,6-8-19)14-4-9-24-11-14/h2-3,10,14,23H,4-9,11H2,1H3,(H,21,22). The second-order valence-electron chi connectivity index (χ2n) is 6.79. The van der Waals surface area contributed by atoms with Gasteiger partial charge in [0.05, 0.1) is 17.8 Å². The van der Waals surface area contributed by atoms with Crippen molar-refractivity contribution in [3.05, 3.63) is 34.9 Å². The topological polar surface area (TPSA) is 87.1 Å². The molecule has 130 valence electrons. The summed E-state index contributed by atoms with van der Waals surface area (Å²) in [5.41, 5.74) is 0.619. The van der Waals surface area contributed by atoms with Gasteiger partial charge in [-0.15, -0.1) is 0 Å². The van der Waals surface area contributed by atoms with Crippen LogP contribution >= 0.6 is 0 Å². The van der Waals surface area contributed by atoms with Crippen molar-refractivity contribution in [1.82, 2.24) is 4.90 Å². The number of nitrogens with zero attached hydrogens (tertiary/aromatic N) is 1. The molecule has 2 aliphatic rings. The molecule has 2 aliphatic heterocycles. The third kappa shape index (κ3) is 3.16. The van der Waals surface area contributed by atoms with Crippen molar-refractivity contribution < 1.29 is 24.5 Å². The molecular weight excluding hydrogens is 310 g/mol. The average Bonchev–Trinajstić information content (AvgIpc) is 3.10. The highest BCUT2D eigenvalue weighted by Gasteiger charge is 2.42. The number of benzene rings is 1. The average molecular weight is 333 g/mol. The smallest absolute Gasteiger partial charge is 0.335 e. The SMILES string of the molecule is Cc1cc(C(=O)O)ccc1C(=O)N1CCC(O)(C2CCOC2)CC1. The second kappa shape index (κ2) is 6.53. The van der Waals surface area contributed by atoms with E-state index in [0.29, 0.717) is 50.3 Å². The van der Waals surface area contributed by atoms with E-state index in [1.807, 2.05) is 0 Å². The molecule has 6 heteroatoms. The molecule has 0 bridgehead atoms. The Bertz CT molecular complexity index is 643. The molecule has 2 heterocycles. The van der Waals surface area contributed by atoms with Crippen LogP contribution in [-0.4, -0.2) is 58.9 Å². The maximum absolute atomic E-state index is 12.7.